The highest BCUT2D eigenvalue weighted by atomic mass is 79.9. The third kappa shape index (κ3) is 4.93. The molecule has 1 heterocycles. The lowest BCUT2D eigenvalue weighted by Crippen LogP contribution is -2.24. The number of carbonyl (C=O) groups excluding carboxylic acids is 1. The predicted molar refractivity (Wildman–Crippen MR) is 86.3 cm³/mol. The number of nitrogens with zero attached hydrogens (tertiary/aromatic N) is 2. The zero-order valence-electron chi connectivity index (χ0n) is 11.1. The third-order valence-electron chi connectivity index (χ3n) is 2.39. The number of rotatable bonds is 6. The summed E-state index contributed by atoms with van der Waals surface area (Å²) in [5.41, 5.74) is 2.29. The maximum atomic E-state index is 11.5. The predicted octanol–water partition coefficient (Wildman–Crippen LogP) is 2.95. The van der Waals surface area contributed by atoms with E-state index in [0.29, 0.717) is 5.75 Å². The van der Waals surface area contributed by atoms with E-state index in [9.17, 15) is 14.9 Å². The molecule has 0 spiro atoms. The van der Waals surface area contributed by atoms with E-state index in [1.807, 2.05) is 12.1 Å². The van der Waals surface area contributed by atoms with Crippen LogP contribution in [0.25, 0.3) is 0 Å². The number of nitrogens with one attached hydrogen (secondary N) is 1. The molecular formula is C13H10BrN3O4S. The number of nitro groups is 1. The molecular weight excluding hydrogens is 374 g/mol. The lowest BCUT2D eigenvalue weighted by Gasteiger charge is -2.04. The van der Waals surface area contributed by atoms with Crippen LogP contribution in [-0.2, 0) is 4.79 Å². The number of nitro benzene ring substituents is 1. The average molecular weight is 384 g/mol. The number of halogens is 1. The molecule has 2 rings (SSSR count). The second-order valence-corrected chi connectivity index (χ2v) is 6.47. The van der Waals surface area contributed by atoms with Gasteiger partial charge in [-0.2, -0.15) is 5.10 Å². The molecule has 0 radical (unpaired) electrons. The number of hydrogen-bond donors (Lipinski definition) is 1. The summed E-state index contributed by atoms with van der Waals surface area (Å²) in [7, 11) is 0. The van der Waals surface area contributed by atoms with Crippen molar-refractivity contribution in [2.24, 2.45) is 5.10 Å². The number of hydrazone groups is 1. The molecule has 0 saturated heterocycles. The Labute approximate surface area is 137 Å². The summed E-state index contributed by atoms with van der Waals surface area (Å²) in [6.07, 6.45) is 1.53. The van der Waals surface area contributed by atoms with Crippen molar-refractivity contribution in [1.29, 1.82) is 0 Å². The highest BCUT2D eigenvalue weighted by molar-refractivity contribution is 9.11. The molecule has 0 saturated carbocycles. The minimum Gasteiger partial charge on any atom is -0.484 e. The topological polar surface area (TPSA) is 93.8 Å². The van der Waals surface area contributed by atoms with Gasteiger partial charge in [0.2, 0.25) is 0 Å². The van der Waals surface area contributed by atoms with Crippen molar-refractivity contribution in [1.82, 2.24) is 5.43 Å². The third-order valence-corrected chi connectivity index (χ3v) is 3.95. The fourth-order valence-electron chi connectivity index (χ4n) is 1.41. The SMILES string of the molecule is O=C(COc1ccc([N+](=O)[O-])cc1)N/N=C\c1ccc(Br)s1. The molecule has 114 valence electrons. The van der Waals surface area contributed by atoms with Gasteiger partial charge in [0.25, 0.3) is 11.6 Å². The lowest BCUT2D eigenvalue weighted by atomic mass is 10.3. The first-order valence-corrected chi connectivity index (χ1v) is 7.60. The van der Waals surface area contributed by atoms with Gasteiger partial charge in [-0.15, -0.1) is 11.3 Å². The fourth-order valence-corrected chi connectivity index (χ4v) is 2.71. The number of carbonyl (C=O) groups is 1. The van der Waals surface area contributed by atoms with Crippen LogP contribution in [0, 0.1) is 10.1 Å². The smallest absolute Gasteiger partial charge is 0.277 e. The number of hydrogen-bond acceptors (Lipinski definition) is 6. The van der Waals surface area contributed by atoms with Gasteiger partial charge >= 0.3 is 0 Å². The van der Waals surface area contributed by atoms with Crippen molar-refractivity contribution < 1.29 is 14.5 Å². The Balaban J connectivity index is 1.77. The highest BCUT2D eigenvalue weighted by Gasteiger charge is 2.06. The molecule has 2 aromatic rings. The number of benzene rings is 1. The monoisotopic (exact) mass is 383 g/mol. The quantitative estimate of drug-likeness (QED) is 0.471. The van der Waals surface area contributed by atoms with E-state index in [1.54, 1.807) is 0 Å². The van der Waals surface area contributed by atoms with Crippen molar-refractivity contribution in [2.75, 3.05) is 6.61 Å². The first-order valence-electron chi connectivity index (χ1n) is 5.99. The first-order chi connectivity index (χ1) is 10.5. The van der Waals surface area contributed by atoms with Gasteiger partial charge < -0.3 is 4.74 Å². The van der Waals surface area contributed by atoms with Gasteiger partial charge in [0.15, 0.2) is 6.61 Å². The standard InChI is InChI=1S/C13H10BrN3O4S/c14-12-6-5-11(22-12)7-15-16-13(18)8-21-10-3-1-9(2-4-10)17(19)20/h1-7H,8H2,(H,16,18)/b15-7-. The molecule has 0 unspecified atom stereocenters. The zero-order chi connectivity index (χ0) is 15.9. The van der Waals surface area contributed by atoms with Crippen molar-refractivity contribution in [3.05, 3.63) is 55.2 Å². The molecule has 1 N–H and O–H groups in total. The van der Waals surface area contributed by atoms with E-state index >= 15 is 0 Å². The van der Waals surface area contributed by atoms with Crippen LogP contribution in [0.2, 0.25) is 0 Å². The average Bonchev–Trinajstić information content (AvgIpc) is 2.91. The van der Waals surface area contributed by atoms with Crippen LogP contribution >= 0.6 is 27.3 Å². The van der Waals surface area contributed by atoms with Gasteiger partial charge in [-0.05, 0) is 40.2 Å². The summed E-state index contributed by atoms with van der Waals surface area (Å²) in [5, 5.41) is 14.3. The van der Waals surface area contributed by atoms with E-state index in [0.717, 1.165) is 8.66 Å². The number of ether oxygens (including phenoxy) is 1. The first kappa shape index (κ1) is 16.1. The molecule has 0 aliphatic rings. The second kappa shape index (κ2) is 7.66. The zero-order valence-corrected chi connectivity index (χ0v) is 13.5. The molecule has 0 aliphatic carbocycles. The van der Waals surface area contributed by atoms with E-state index in [-0.39, 0.29) is 12.3 Å². The van der Waals surface area contributed by atoms with Gasteiger partial charge in [0.05, 0.1) is 14.9 Å². The normalized spacial score (nSPS) is 10.6. The molecule has 0 atom stereocenters. The molecule has 0 bridgehead atoms. The van der Waals surface area contributed by atoms with E-state index in [4.69, 9.17) is 4.74 Å². The van der Waals surface area contributed by atoms with Crippen molar-refractivity contribution in [2.45, 2.75) is 0 Å². The fraction of sp³-hybridized carbons (Fsp3) is 0.0769. The largest absolute Gasteiger partial charge is 0.484 e. The summed E-state index contributed by atoms with van der Waals surface area (Å²) in [6, 6.07) is 9.21. The van der Waals surface area contributed by atoms with Crippen LogP contribution in [-0.4, -0.2) is 23.7 Å². The maximum Gasteiger partial charge on any atom is 0.277 e. The Morgan fingerprint density at radius 2 is 2.09 bits per heavy atom. The molecule has 1 aromatic heterocycles. The summed E-state index contributed by atoms with van der Waals surface area (Å²) in [6.45, 7) is -0.233. The van der Waals surface area contributed by atoms with Crippen LogP contribution in [0.3, 0.4) is 0 Å². The van der Waals surface area contributed by atoms with E-state index in [2.05, 4.69) is 26.5 Å². The number of amides is 1. The van der Waals surface area contributed by atoms with Crippen LogP contribution in [0.15, 0.2) is 45.3 Å². The maximum absolute atomic E-state index is 11.5. The van der Waals surface area contributed by atoms with Crippen molar-refractivity contribution in [3.63, 3.8) is 0 Å². The minimum absolute atomic E-state index is 0.0384. The second-order valence-electron chi connectivity index (χ2n) is 3.97. The molecule has 0 fully saturated rings. The molecule has 22 heavy (non-hydrogen) atoms. The van der Waals surface area contributed by atoms with Gasteiger partial charge in [-0.25, -0.2) is 5.43 Å². The summed E-state index contributed by atoms with van der Waals surface area (Å²) in [5.74, 6) is -0.0582. The van der Waals surface area contributed by atoms with Crippen molar-refractivity contribution in [3.8, 4) is 5.75 Å². The molecule has 7 nitrogen and oxygen atoms in total. The van der Waals surface area contributed by atoms with Crippen LogP contribution in [0.1, 0.15) is 4.88 Å². The Hall–Kier alpha value is -2.26. The van der Waals surface area contributed by atoms with Gasteiger partial charge in [-0.1, -0.05) is 0 Å². The summed E-state index contributed by atoms with van der Waals surface area (Å²) >= 11 is 4.81. The Morgan fingerprint density at radius 1 is 1.36 bits per heavy atom. The Bertz CT molecular complexity index is 700. The Morgan fingerprint density at radius 3 is 2.68 bits per heavy atom. The number of thiophene rings is 1. The molecule has 0 aliphatic heterocycles. The lowest BCUT2D eigenvalue weighted by molar-refractivity contribution is -0.384. The molecule has 1 amide bonds. The van der Waals surface area contributed by atoms with Gasteiger partial charge in [0, 0.05) is 17.0 Å². The highest BCUT2D eigenvalue weighted by Crippen LogP contribution is 2.20. The summed E-state index contributed by atoms with van der Waals surface area (Å²) < 4.78 is 6.17. The minimum atomic E-state index is -0.506. The molecule has 9 heteroatoms. The van der Waals surface area contributed by atoms with E-state index in [1.165, 1.54) is 41.8 Å². The van der Waals surface area contributed by atoms with E-state index < -0.39 is 10.8 Å². The van der Waals surface area contributed by atoms with Gasteiger partial charge in [0.1, 0.15) is 5.75 Å². The molecule has 1 aromatic carbocycles. The number of non-ortho nitro benzene ring substituents is 1. The Kier molecular flexibility index (Phi) is 5.61. The van der Waals surface area contributed by atoms with Crippen LogP contribution < -0.4 is 10.2 Å². The summed E-state index contributed by atoms with van der Waals surface area (Å²) in [4.78, 5) is 22.4. The van der Waals surface area contributed by atoms with Crippen molar-refractivity contribution >= 4 is 45.1 Å². The van der Waals surface area contributed by atoms with Gasteiger partial charge in [-0.3, -0.25) is 14.9 Å². The van der Waals surface area contributed by atoms with Crippen LogP contribution in [0.4, 0.5) is 5.69 Å². The van der Waals surface area contributed by atoms with Crippen LogP contribution in [0.5, 0.6) is 5.75 Å².